The standard InChI is InChI=1S/C21H27N3OS2/c1-15-19(27-20(22-15)16-6-5-9-18(14-16)26-2)21(25)24-12-10-23(11-13-24)17-7-3-4-8-17/h5-6,9,14,17H,3-4,7-8,10-13H2,1-2H3. The minimum Gasteiger partial charge on any atom is -0.335 e. The number of thiazole rings is 1. The number of thioether (sulfide) groups is 1. The lowest BCUT2D eigenvalue weighted by Gasteiger charge is -2.37. The van der Waals surface area contributed by atoms with E-state index in [-0.39, 0.29) is 5.91 Å². The molecule has 0 atom stereocenters. The van der Waals surface area contributed by atoms with Crippen LogP contribution >= 0.6 is 23.1 Å². The van der Waals surface area contributed by atoms with Gasteiger partial charge in [0.15, 0.2) is 0 Å². The zero-order chi connectivity index (χ0) is 18.8. The van der Waals surface area contributed by atoms with Crippen LogP contribution in [-0.2, 0) is 0 Å². The van der Waals surface area contributed by atoms with Crippen LogP contribution in [0.5, 0.6) is 0 Å². The third-order valence-electron chi connectivity index (χ3n) is 5.75. The van der Waals surface area contributed by atoms with E-state index in [1.54, 1.807) is 11.8 Å². The number of aromatic nitrogens is 1. The second-order valence-electron chi connectivity index (χ2n) is 7.43. The number of nitrogens with zero attached hydrogens (tertiary/aromatic N) is 3. The van der Waals surface area contributed by atoms with E-state index >= 15 is 0 Å². The molecule has 4 nitrogen and oxygen atoms in total. The van der Waals surface area contributed by atoms with Gasteiger partial charge in [-0.3, -0.25) is 9.69 Å². The van der Waals surface area contributed by atoms with Crippen LogP contribution in [0.1, 0.15) is 41.0 Å². The Labute approximate surface area is 170 Å². The Balaban J connectivity index is 1.45. The molecule has 1 amide bonds. The van der Waals surface area contributed by atoms with Crippen molar-refractivity contribution in [2.75, 3.05) is 32.4 Å². The summed E-state index contributed by atoms with van der Waals surface area (Å²) in [4.78, 5) is 24.4. The molecule has 1 saturated carbocycles. The van der Waals surface area contributed by atoms with Crippen molar-refractivity contribution in [3.8, 4) is 10.6 Å². The van der Waals surface area contributed by atoms with Crippen molar-refractivity contribution in [3.63, 3.8) is 0 Å². The average molecular weight is 402 g/mol. The van der Waals surface area contributed by atoms with Crippen LogP contribution in [0.4, 0.5) is 0 Å². The lowest BCUT2D eigenvalue weighted by Crippen LogP contribution is -2.51. The van der Waals surface area contributed by atoms with Gasteiger partial charge >= 0.3 is 0 Å². The van der Waals surface area contributed by atoms with E-state index in [0.29, 0.717) is 0 Å². The lowest BCUT2D eigenvalue weighted by molar-refractivity contribution is 0.0577. The Hall–Kier alpha value is -1.37. The molecule has 0 bridgehead atoms. The summed E-state index contributed by atoms with van der Waals surface area (Å²) in [5, 5.41) is 0.941. The highest BCUT2D eigenvalue weighted by Gasteiger charge is 2.29. The van der Waals surface area contributed by atoms with E-state index in [2.05, 4.69) is 35.4 Å². The van der Waals surface area contributed by atoms with Gasteiger partial charge in [0.1, 0.15) is 9.88 Å². The quantitative estimate of drug-likeness (QED) is 0.705. The van der Waals surface area contributed by atoms with Crippen LogP contribution in [0.2, 0.25) is 0 Å². The van der Waals surface area contributed by atoms with Gasteiger partial charge in [0.25, 0.3) is 5.91 Å². The first-order chi connectivity index (χ1) is 13.2. The molecule has 1 aliphatic heterocycles. The van der Waals surface area contributed by atoms with E-state index in [4.69, 9.17) is 4.98 Å². The molecule has 2 aliphatic rings. The SMILES string of the molecule is CSc1cccc(-c2nc(C)c(C(=O)N3CCN(C4CCCC4)CC3)s2)c1. The summed E-state index contributed by atoms with van der Waals surface area (Å²) in [5.41, 5.74) is 1.95. The number of aryl methyl sites for hydroxylation is 1. The van der Waals surface area contributed by atoms with E-state index < -0.39 is 0 Å². The first-order valence-corrected chi connectivity index (χ1v) is 11.8. The smallest absolute Gasteiger partial charge is 0.265 e. The van der Waals surface area contributed by atoms with Crippen LogP contribution in [0.3, 0.4) is 0 Å². The fourth-order valence-electron chi connectivity index (χ4n) is 4.18. The zero-order valence-electron chi connectivity index (χ0n) is 16.1. The molecule has 1 aromatic heterocycles. The normalized spacial score (nSPS) is 19.0. The van der Waals surface area contributed by atoms with Gasteiger partial charge in [-0.1, -0.05) is 25.0 Å². The van der Waals surface area contributed by atoms with Crippen molar-refractivity contribution in [1.82, 2.24) is 14.8 Å². The number of carbonyl (C=O) groups is 1. The number of rotatable bonds is 4. The van der Waals surface area contributed by atoms with Gasteiger partial charge in [0.05, 0.1) is 5.69 Å². The molecular formula is C21H27N3OS2. The summed E-state index contributed by atoms with van der Waals surface area (Å²) in [6, 6.07) is 9.14. The van der Waals surface area contributed by atoms with E-state index in [1.165, 1.54) is 41.9 Å². The molecule has 1 saturated heterocycles. The number of carbonyl (C=O) groups excluding carboxylic acids is 1. The highest BCUT2D eigenvalue weighted by atomic mass is 32.2. The van der Waals surface area contributed by atoms with Crippen molar-refractivity contribution < 1.29 is 4.79 Å². The summed E-state index contributed by atoms with van der Waals surface area (Å²) in [5.74, 6) is 0.156. The number of amides is 1. The maximum atomic E-state index is 13.1. The van der Waals surface area contributed by atoms with Crippen molar-refractivity contribution >= 4 is 29.0 Å². The summed E-state index contributed by atoms with van der Waals surface area (Å²) in [6.45, 7) is 5.65. The van der Waals surface area contributed by atoms with Crippen LogP contribution in [0.15, 0.2) is 29.2 Å². The first kappa shape index (κ1) is 19.0. The second-order valence-corrected chi connectivity index (χ2v) is 9.31. The number of benzene rings is 1. The maximum absolute atomic E-state index is 13.1. The van der Waals surface area contributed by atoms with Crippen molar-refractivity contribution in [2.45, 2.75) is 43.5 Å². The minimum absolute atomic E-state index is 0.156. The zero-order valence-corrected chi connectivity index (χ0v) is 17.7. The van der Waals surface area contributed by atoms with Crippen LogP contribution in [0.25, 0.3) is 10.6 Å². The van der Waals surface area contributed by atoms with Gasteiger partial charge in [-0.2, -0.15) is 0 Å². The Morgan fingerprint density at radius 1 is 1.19 bits per heavy atom. The third-order valence-corrected chi connectivity index (χ3v) is 7.67. The molecule has 144 valence electrons. The van der Waals surface area contributed by atoms with E-state index in [1.807, 2.05) is 11.8 Å². The molecule has 2 aromatic rings. The molecule has 4 rings (SSSR count). The number of piperazine rings is 1. The molecule has 27 heavy (non-hydrogen) atoms. The predicted octanol–water partition coefficient (Wildman–Crippen LogP) is 4.54. The molecule has 1 aliphatic carbocycles. The van der Waals surface area contributed by atoms with E-state index in [9.17, 15) is 4.79 Å². The van der Waals surface area contributed by atoms with Gasteiger partial charge in [-0.25, -0.2) is 4.98 Å². The van der Waals surface area contributed by atoms with Crippen LogP contribution in [-0.4, -0.2) is 59.2 Å². The van der Waals surface area contributed by atoms with Crippen LogP contribution < -0.4 is 0 Å². The highest BCUT2D eigenvalue weighted by Crippen LogP contribution is 2.31. The van der Waals surface area contributed by atoms with Gasteiger partial charge in [0, 0.05) is 42.7 Å². The molecule has 2 fully saturated rings. The van der Waals surface area contributed by atoms with Crippen LogP contribution in [0, 0.1) is 6.92 Å². The van der Waals surface area contributed by atoms with Gasteiger partial charge in [-0.05, 0) is 38.2 Å². The molecule has 6 heteroatoms. The Kier molecular flexibility index (Phi) is 5.85. The first-order valence-electron chi connectivity index (χ1n) is 9.81. The molecule has 1 aromatic carbocycles. The number of hydrogen-bond acceptors (Lipinski definition) is 5. The average Bonchev–Trinajstić information content (AvgIpc) is 3.38. The largest absolute Gasteiger partial charge is 0.335 e. The molecule has 0 spiro atoms. The molecule has 2 heterocycles. The summed E-state index contributed by atoms with van der Waals surface area (Å²) >= 11 is 3.26. The summed E-state index contributed by atoms with van der Waals surface area (Å²) in [7, 11) is 0. The summed E-state index contributed by atoms with van der Waals surface area (Å²) in [6.07, 6.45) is 7.47. The molecule has 0 radical (unpaired) electrons. The Morgan fingerprint density at radius 3 is 2.63 bits per heavy atom. The van der Waals surface area contributed by atoms with Gasteiger partial charge in [0.2, 0.25) is 0 Å². The maximum Gasteiger partial charge on any atom is 0.265 e. The Bertz CT molecular complexity index is 806. The van der Waals surface area contributed by atoms with Crippen molar-refractivity contribution in [3.05, 3.63) is 34.8 Å². The van der Waals surface area contributed by atoms with Gasteiger partial charge < -0.3 is 4.90 Å². The van der Waals surface area contributed by atoms with E-state index in [0.717, 1.165) is 53.4 Å². The monoisotopic (exact) mass is 401 g/mol. The minimum atomic E-state index is 0.156. The predicted molar refractivity (Wildman–Crippen MR) is 114 cm³/mol. The fourth-order valence-corrected chi connectivity index (χ4v) is 5.67. The third kappa shape index (κ3) is 4.08. The Morgan fingerprint density at radius 2 is 1.93 bits per heavy atom. The second kappa shape index (κ2) is 8.33. The lowest BCUT2D eigenvalue weighted by atomic mass is 10.1. The topological polar surface area (TPSA) is 36.4 Å². The fraction of sp³-hybridized carbons (Fsp3) is 0.524. The highest BCUT2D eigenvalue weighted by molar-refractivity contribution is 7.98. The molecule has 0 N–H and O–H groups in total. The van der Waals surface area contributed by atoms with Crippen molar-refractivity contribution in [1.29, 1.82) is 0 Å². The van der Waals surface area contributed by atoms with Gasteiger partial charge in [-0.15, -0.1) is 23.1 Å². The summed E-state index contributed by atoms with van der Waals surface area (Å²) < 4.78 is 0. The molecular weight excluding hydrogens is 374 g/mol. The number of hydrogen-bond donors (Lipinski definition) is 0. The molecule has 0 unspecified atom stereocenters. The van der Waals surface area contributed by atoms with Crippen molar-refractivity contribution in [2.24, 2.45) is 0 Å².